The molecule has 37 heavy (non-hydrogen) atoms. The Bertz CT molecular complexity index is 1560. The van der Waals surface area contributed by atoms with E-state index in [9.17, 15) is 5.11 Å². The number of benzene rings is 1. The first-order valence-electron chi connectivity index (χ1n) is 12.8. The lowest BCUT2D eigenvalue weighted by Crippen LogP contribution is -2.28. The van der Waals surface area contributed by atoms with Crippen LogP contribution in [0.4, 0.5) is 0 Å². The third-order valence-electron chi connectivity index (χ3n) is 7.51. The van der Waals surface area contributed by atoms with E-state index in [0.717, 1.165) is 59.6 Å². The second kappa shape index (κ2) is 8.78. The van der Waals surface area contributed by atoms with Crippen LogP contribution in [0, 0.1) is 19.8 Å². The summed E-state index contributed by atoms with van der Waals surface area (Å²) in [4.78, 5) is 4.87. The van der Waals surface area contributed by atoms with Crippen LogP contribution in [0.1, 0.15) is 55.2 Å². The fourth-order valence-corrected chi connectivity index (χ4v) is 5.70. The standard InChI is InChI=1S/C28H32N6O3/c1-16-6-8-18(9-7-16)24(19-10-12-36-13-11-19)34-21-14-20(23-17(2)30-32-33(23)5)15-29-22(21)26-25(34)27(31-37-26)28(3,4)35/h6-9,14-15,19,24,35H,10-13H2,1-5H3. The molecule has 1 fully saturated rings. The van der Waals surface area contributed by atoms with E-state index in [1.807, 2.05) is 20.2 Å². The zero-order valence-electron chi connectivity index (χ0n) is 21.9. The highest BCUT2D eigenvalue weighted by atomic mass is 16.5. The molecule has 0 saturated carbocycles. The van der Waals surface area contributed by atoms with E-state index in [2.05, 4.69) is 57.3 Å². The molecular formula is C28H32N6O3. The number of nitrogens with zero attached hydrogens (tertiary/aromatic N) is 6. The first-order valence-corrected chi connectivity index (χ1v) is 12.8. The third-order valence-corrected chi connectivity index (χ3v) is 7.51. The van der Waals surface area contributed by atoms with E-state index in [0.29, 0.717) is 17.2 Å². The van der Waals surface area contributed by atoms with Gasteiger partial charge < -0.3 is 18.9 Å². The lowest BCUT2D eigenvalue weighted by Gasteiger charge is -2.33. The Balaban J connectivity index is 1.70. The Labute approximate surface area is 215 Å². The van der Waals surface area contributed by atoms with Crippen LogP contribution >= 0.6 is 0 Å². The molecule has 0 spiro atoms. The van der Waals surface area contributed by atoms with E-state index in [4.69, 9.17) is 14.2 Å². The molecule has 6 rings (SSSR count). The maximum atomic E-state index is 11.1. The van der Waals surface area contributed by atoms with Gasteiger partial charge in [-0.3, -0.25) is 0 Å². The van der Waals surface area contributed by atoms with Crippen molar-refractivity contribution in [3.05, 3.63) is 59.0 Å². The number of rotatable bonds is 5. The smallest absolute Gasteiger partial charge is 0.211 e. The summed E-state index contributed by atoms with van der Waals surface area (Å²) >= 11 is 0. The Hall–Kier alpha value is -3.56. The van der Waals surface area contributed by atoms with Crippen LogP contribution in [0.5, 0.6) is 0 Å². The van der Waals surface area contributed by atoms with Gasteiger partial charge >= 0.3 is 0 Å². The third kappa shape index (κ3) is 3.93. The minimum atomic E-state index is -1.20. The van der Waals surface area contributed by atoms with Gasteiger partial charge in [-0.05, 0) is 58.1 Å². The molecule has 192 valence electrons. The molecule has 0 radical (unpaired) electrons. The number of aliphatic hydroxyl groups is 1. The van der Waals surface area contributed by atoms with E-state index < -0.39 is 5.60 Å². The van der Waals surface area contributed by atoms with Gasteiger partial charge in [-0.1, -0.05) is 40.2 Å². The fraction of sp³-hybridized carbons (Fsp3) is 0.429. The summed E-state index contributed by atoms with van der Waals surface area (Å²) in [5.41, 5.74) is 7.40. The lowest BCUT2D eigenvalue weighted by atomic mass is 9.86. The molecule has 1 N–H and O–H groups in total. The van der Waals surface area contributed by atoms with Gasteiger partial charge in [-0.25, -0.2) is 9.67 Å². The SMILES string of the molecule is Cc1ccc(C(C2CCOCC2)n2c3cc(-c4c(C)nnn4C)cnc3c3onc(C(C)(C)O)c32)cc1. The van der Waals surface area contributed by atoms with E-state index >= 15 is 0 Å². The summed E-state index contributed by atoms with van der Waals surface area (Å²) in [6.45, 7) is 8.98. The number of hydrogen-bond acceptors (Lipinski definition) is 7. The average Bonchev–Trinajstić information content (AvgIpc) is 3.54. The quantitative estimate of drug-likeness (QED) is 0.368. The number of aromatic nitrogens is 6. The molecule has 0 bridgehead atoms. The van der Waals surface area contributed by atoms with Gasteiger partial charge in [0.05, 0.1) is 22.9 Å². The molecule has 4 aromatic heterocycles. The fourth-order valence-electron chi connectivity index (χ4n) is 5.70. The van der Waals surface area contributed by atoms with Gasteiger partial charge in [0.1, 0.15) is 22.3 Å². The maximum absolute atomic E-state index is 11.1. The predicted molar refractivity (Wildman–Crippen MR) is 140 cm³/mol. The highest BCUT2D eigenvalue weighted by molar-refractivity contribution is 6.04. The molecule has 0 aliphatic carbocycles. The van der Waals surface area contributed by atoms with Crippen LogP contribution in [0.2, 0.25) is 0 Å². The summed E-state index contributed by atoms with van der Waals surface area (Å²) in [5, 5.41) is 23.9. The van der Waals surface area contributed by atoms with Crippen molar-refractivity contribution in [2.45, 2.75) is 52.2 Å². The van der Waals surface area contributed by atoms with Gasteiger partial charge in [-0.2, -0.15) is 0 Å². The first kappa shape index (κ1) is 23.8. The van der Waals surface area contributed by atoms with Crippen LogP contribution in [-0.4, -0.2) is 48.0 Å². The monoisotopic (exact) mass is 500 g/mol. The van der Waals surface area contributed by atoms with E-state index in [1.54, 1.807) is 18.5 Å². The van der Waals surface area contributed by atoms with Gasteiger partial charge in [-0.15, -0.1) is 5.10 Å². The molecule has 9 heteroatoms. The van der Waals surface area contributed by atoms with Crippen molar-refractivity contribution >= 4 is 22.1 Å². The van der Waals surface area contributed by atoms with Crippen molar-refractivity contribution in [3.8, 4) is 11.3 Å². The van der Waals surface area contributed by atoms with Crippen LogP contribution in [-0.2, 0) is 17.4 Å². The van der Waals surface area contributed by atoms with Gasteiger partial charge in [0, 0.05) is 32.0 Å². The average molecular weight is 501 g/mol. The van der Waals surface area contributed by atoms with Crippen molar-refractivity contribution in [2.24, 2.45) is 13.0 Å². The van der Waals surface area contributed by atoms with Crippen molar-refractivity contribution in [3.63, 3.8) is 0 Å². The molecule has 1 unspecified atom stereocenters. The van der Waals surface area contributed by atoms with Crippen molar-refractivity contribution in [2.75, 3.05) is 13.2 Å². The first-order chi connectivity index (χ1) is 17.7. The molecule has 9 nitrogen and oxygen atoms in total. The number of aryl methyl sites for hydroxylation is 3. The lowest BCUT2D eigenvalue weighted by molar-refractivity contribution is 0.0547. The van der Waals surface area contributed by atoms with Crippen LogP contribution in [0.15, 0.2) is 41.1 Å². The highest BCUT2D eigenvalue weighted by Gasteiger charge is 2.35. The van der Waals surface area contributed by atoms with E-state index in [-0.39, 0.29) is 6.04 Å². The summed E-state index contributed by atoms with van der Waals surface area (Å²) in [7, 11) is 1.89. The minimum Gasteiger partial charge on any atom is -0.384 e. The summed E-state index contributed by atoms with van der Waals surface area (Å²) in [6.07, 6.45) is 3.70. The van der Waals surface area contributed by atoms with Gasteiger partial charge in [0.2, 0.25) is 5.58 Å². The van der Waals surface area contributed by atoms with Gasteiger partial charge in [0.15, 0.2) is 0 Å². The molecule has 1 aliphatic rings. The second-order valence-corrected chi connectivity index (χ2v) is 10.7. The van der Waals surface area contributed by atoms with E-state index in [1.165, 1.54) is 11.1 Å². The zero-order valence-corrected chi connectivity index (χ0v) is 21.9. The summed E-state index contributed by atoms with van der Waals surface area (Å²) in [5.74, 6) is 0.323. The minimum absolute atomic E-state index is 0.0205. The topological polar surface area (TPSA) is 104 Å². The molecule has 1 saturated heterocycles. The van der Waals surface area contributed by atoms with Crippen LogP contribution < -0.4 is 0 Å². The normalized spacial score (nSPS) is 16.2. The molecular weight excluding hydrogens is 468 g/mol. The Kier molecular flexibility index (Phi) is 5.65. The van der Waals surface area contributed by atoms with Crippen molar-refractivity contribution < 1.29 is 14.4 Å². The maximum Gasteiger partial charge on any atom is 0.211 e. The van der Waals surface area contributed by atoms with Crippen LogP contribution in [0.25, 0.3) is 33.4 Å². The molecule has 1 aromatic carbocycles. The Morgan fingerprint density at radius 1 is 1.11 bits per heavy atom. The molecule has 5 aromatic rings. The largest absolute Gasteiger partial charge is 0.384 e. The number of hydrogen-bond donors (Lipinski definition) is 1. The van der Waals surface area contributed by atoms with Gasteiger partial charge in [0.25, 0.3) is 0 Å². The summed E-state index contributed by atoms with van der Waals surface area (Å²) in [6, 6.07) is 10.8. The van der Waals surface area contributed by atoms with Crippen molar-refractivity contribution in [1.29, 1.82) is 0 Å². The van der Waals surface area contributed by atoms with Crippen LogP contribution in [0.3, 0.4) is 0 Å². The summed E-state index contributed by atoms with van der Waals surface area (Å²) < 4.78 is 15.7. The zero-order chi connectivity index (χ0) is 25.9. The Morgan fingerprint density at radius 2 is 1.84 bits per heavy atom. The predicted octanol–water partition coefficient (Wildman–Crippen LogP) is 4.83. The molecule has 1 atom stereocenters. The Morgan fingerprint density at radius 3 is 2.49 bits per heavy atom. The number of pyridine rings is 1. The number of fused-ring (bicyclic) bond motifs is 3. The number of ether oxygens (including phenoxy) is 1. The molecule has 0 amide bonds. The highest BCUT2D eigenvalue weighted by Crippen LogP contribution is 2.43. The van der Waals surface area contributed by atoms with Crippen molar-refractivity contribution in [1.82, 2.24) is 29.7 Å². The molecule has 1 aliphatic heterocycles. The molecule has 5 heterocycles. The second-order valence-electron chi connectivity index (χ2n) is 10.7.